The molecule has 62 valence electrons. The Bertz CT molecular complexity index is 292. The van der Waals surface area contributed by atoms with Crippen LogP contribution in [0.2, 0.25) is 0 Å². The van der Waals surface area contributed by atoms with E-state index in [0.717, 1.165) is 18.6 Å². The van der Waals surface area contributed by atoms with Gasteiger partial charge in [-0.2, -0.15) is 0 Å². The van der Waals surface area contributed by atoms with Gasteiger partial charge in [0.25, 0.3) is 0 Å². The SMILES string of the molecule is ON=C1CCC1c1ccccc1. The Balaban J connectivity index is 2.22. The van der Waals surface area contributed by atoms with Gasteiger partial charge in [0.1, 0.15) is 0 Å². The normalized spacial score (nSPS) is 25.3. The van der Waals surface area contributed by atoms with E-state index in [1.54, 1.807) is 0 Å². The van der Waals surface area contributed by atoms with Gasteiger partial charge in [-0.3, -0.25) is 0 Å². The average Bonchev–Trinajstić information content (AvgIpc) is 2.05. The van der Waals surface area contributed by atoms with Gasteiger partial charge in [-0.25, -0.2) is 0 Å². The van der Waals surface area contributed by atoms with E-state index in [0.29, 0.717) is 5.92 Å². The van der Waals surface area contributed by atoms with Crippen molar-refractivity contribution in [2.24, 2.45) is 5.16 Å². The first-order chi connectivity index (χ1) is 5.92. The fourth-order valence-electron chi connectivity index (χ4n) is 1.58. The van der Waals surface area contributed by atoms with Crippen LogP contribution in [0.4, 0.5) is 0 Å². The number of hydrogen-bond donors (Lipinski definition) is 1. The predicted octanol–water partition coefficient (Wildman–Crippen LogP) is 2.39. The molecule has 1 saturated carbocycles. The van der Waals surface area contributed by atoms with Crippen LogP contribution >= 0.6 is 0 Å². The summed E-state index contributed by atoms with van der Waals surface area (Å²) in [6.07, 6.45) is 2.06. The molecule has 0 heterocycles. The molecule has 0 spiro atoms. The molecule has 1 atom stereocenters. The first kappa shape index (κ1) is 7.35. The summed E-state index contributed by atoms with van der Waals surface area (Å²) in [6.45, 7) is 0. The fourth-order valence-corrected chi connectivity index (χ4v) is 1.58. The van der Waals surface area contributed by atoms with Gasteiger partial charge in [0.15, 0.2) is 0 Å². The zero-order valence-electron chi connectivity index (χ0n) is 6.77. The number of hydrogen-bond acceptors (Lipinski definition) is 2. The van der Waals surface area contributed by atoms with E-state index in [9.17, 15) is 0 Å². The van der Waals surface area contributed by atoms with Crippen LogP contribution in [0.1, 0.15) is 24.3 Å². The van der Waals surface area contributed by atoms with Crippen LogP contribution in [0.15, 0.2) is 35.5 Å². The van der Waals surface area contributed by atoms with Gasteiger partial charge >= 0.3 is 0 Å². The molecule has 2 heteroatoms. The molecular formula is C10H11NO. The smallest absolute Gasteiger partial charge is 0.0645 e. The number of oxime groups is 1. The minimum Gasteiger partial charge on any atom is -0.411 e. The topological polar surface area (TPSA) is 32.6 Å². The highest BCUT2D eigenvalue weighted by molar-refractivity contribution is 5.95. The van der Waals surface area contributed by atoms with Crippen molar-refractivity contribution in [1.29, 1.82) is 0 Å². The van der Waals surface area contributed by atoms with Gasteiger partial charge in [-0.05, 0) is 18.4 Å². The summed E-state index contributed by atoms with van der Waals surface area (Å²) in [6, 6.07) is 10.2. The first-order valence-electron chi connectivity index (χ1n) is 4.17. The third-order valence-electron chi connectivity index (χ3n) is 2.42. The van der Waals surface area contributed by atoms with Crippen LogP contribution in [0, 0.1) is 0 Å². The minimum atomic E-state index is 0.371. The Hall–Kier alpha value is -1.31. The number of rotatable bonds is 1. The van der Waals surface area contributed by atoms with Crippen LogP contribution in [0.25, 0.3) is 0 Å². The van der Waals surface area contributed by atoms with Crippen molar-refractivity contribution >= 4 is 5.71 Å². The highest BCUT2D eigenvalue weighted by atomic mass is 16.4. The Kier molecular flexibility index (Phi) is 1.82. The van der Waals surface area contributed by atoms with E-state index in [-0.39, 0.29) is 0 Å². The first-order valence-corrected chi connectivity index (χ1v) is 4.17. The molecule has 2 rings (SSSR count). The summed E-state index contributed by atoms with van der Waals surface area (Å²) in [5.74, 6) is 0.371. The fraction of sp³-hybridized carbons (Fsp3) is 0.300. The third-order valence-corrected chi connectivity index (χ3v) is 2.42. The molecule has 0 amide bonds. The van der Waals surface area contributed by atoms with Crippen molar-refractivity contribution in [3.8, 4) is 0 Å². The molecule has 1 aliphatic carbocycles. The van der Waals surface area contributed by atoms with Crippen LogP contribution < -0.4 is 0 Å². The second-order valence-electron chi connectivity index (χ2n) is 3.09. The second kappa shape index (κ2) is 2.97. The van der Waals surface area contributed by atoms with Crippen molar-refractivity contribution in [3.63, 3.8) is 0 Å². The quantitative estimate of drug-likeness (QED) is 0.498. The van der Waals surface area contributed by atoms with Crippen molar-refractivity contribution < 1.29 is 5.21 Å². The van der Waals surface area contributed by atoms with E-state index < -0.39 is 0 Å². The minimum absolute atomic E-state index is 0.371. The third kappa shape index (κ3) is 1.09. The van der Waals surface area contributed by atoms with Gasteiger partial charge in [-0.15, -0.1) is 0 Å². The molecule has 1 N–H and O–H groups in total. The molecule has 0 bridgehead atoms. The van der Waals surface area contributed by atoms with Gasteiger partial charge in [0.05, 0.1) is 5.71 Å². The van der Waals surface area contributed by atoms with Crippen molar-refractivity contribution in [2.45, 2.75) is 18.8 Å². The lowest BCUT2D eigenvalue weighted by molar-refractivity contribution is 0.310. The maximum absolute atomic E-state index is 8.61. The molecule has 0 aromatic heterocycles. The van der Waals surface area contributed by atoms with Crippen molar-refractivity contribution in [3.05, 3.63) is 35.9 Å². The van der Waals surface area contributed by atoms with E-state index >= 15 is 0 Å². The molecule has 0 radical (unpaired) electrons. The molecule has 1 aromatic carbocycles. The summed E-state index contributed by atoms with van der Waals surface area (Å²) >= 11 is 0. The standard InChI is InChI=1S/C10H11NO/c12-11-10-7-6-9(10)8-4-2-1-3-5-8/h1-5,9,12H,6-7H2. The highest BCUT2D eigenvalue weighted by Crippen LogP contribution is 2.33. The number of benzene rings is 1. The Morgan fingerprint density at radius 1 is 1.25 bits per heavy atom. The van der Waals surface area contributed by atoms with E-state index in [4.69, 9.17) is 5.21 Å². The zero-order chi connectivity index (χ0) is 8.39. The van der Waals surface area contributed by atoms with E-state index in [2.05, 4.69) is 17.3 Å². The van der Waals surface area contributed by atoms with Gasteiger partial charge in [0.2, 0.25) is 0 Å². The van der Waals surface area contributed by atoms with Gasteiger partial charge in [0, 0.05) is 5.92 Å². The monoisotopic (exact) mass is 161 g/mol. The molecule has 2 nitrogen and oxygen atoms in total. The lowest BCUT2D eigenvalue weighted by Crippen LogP contribution is -2.23. The zero-order valence-corrected chi connectivity index (χ0v) is 6.77. The predicted molar refractivity (Wildman–Crippen MR) is 47.6 cm³/mol. The summed E-state index contributed by atoms with van der Waals surface area (Å²) in [5, 5.41) is 11.9. The second-order valence-corrected chi connectivity index (χ2v) is 3.09. The lowest BCUT2D eigenvalue weighted by Gasteiger charge is -2.26. The molecule has 0 aliphatic heterocycles. The summed E-state index contributed by atoms with van der Waals surface area (Å²) < 4.78 is 0. The summed E-state index contributed by atoms with van der Waals surface area (Å²) in [7, 11) is 0. The largest absolute Gasteiger partial charge is 0.411 e. The highest BCUT2D eigenvalue weighted by Gasteiger charge is 2.27. The molecular weight excluding hydrogens is 150 g/mol. The van der Waals surface area contributed by atoms with Crippen molar-refractivity contribution in [1.82, 2.24) is 0 Å². The van der Waals surface area contributed by atoms with Crippen LogP contribution in [0.5, 0.6) is 0 Å². The van der Waals surface area contributed by atoms with Crippen LogP contribution in [0.3, 0.4) is 0 Å². The van der Waals surface area contributed by atoms with Crippen LogP contribution in [-0.4, -0.2) is 10.9 Å². The van der Waals surface area contributed by atoms with Crippen molar-refractivity contribution in [2.75, 3.05) is 0 Å². The molecule has 1 fully saturated rings. The number of nitrogens with zero attached hydrogens (tertiary/aromatic N) is 1. The Labute approximate surface area is 71.5 Å². The Morgan fingerprint density at radius 2 is 2.00 bits per heavy atom. The maximum atomic E-state index is 8.61. The Morgan fingerprint density at radius 3 is 2.50 bits per heavy atom. The molecule has 1 aliphatic rings. The van der Waals surface area contributed by atoms with Crippen LogP contribution in [-0.2, 0) is 0 Å². The molecule has 12 heavy (non-hydrogen) atoms. The molecule has 1 unspecified atom stereocenters. The summed E-state index contributed by atoms with van der Waals surface area (Å²) in [4.78, 5) is 0. The van der Waals surface area contributed by atoms with Gasteiger partial charge in [-0.1, -0.05) is 35.5 Å². The van der Waals surface area contributed by atoms with Gasteiger partial charge < -0.3 is 5.21 Å². The molecule has 0 saturated heterocycles. The average molecular weight is 161 g/mol. The maximum Gasteiger partial charge on any atom is 0.0645 e. The summed E-state index contributed by atoms with van der Waals surface area (Å²) in [5.41, 5.74) is 2.18. The van der Waals surface area contributed by atoms with E-state index in [1.807, 2.05) is 18.2 Å². The van der Waals surface area contributed by atoms with E-state index in [1.165, 1.54) is 5.56 Å². The lowest BCUT2D eigenvalue weighted by atomic mass is 9.78. The molecule has 1 aromatic rings.